The third-order valence-electron chi connectivity index (χ3n) is 2.32. The first-order valence-electron chi connectivity index (χ1n) is 5.61. The summed E-state index contributed by atoms with van der Waals surface area (Å²) < 4.78 is 18.5. The lowest BCUT2D eigenvalue weighted by Gasteiger charge is -2.08. The minimum Gasteiger partial charge on any atom is -0.491 e. The first kappa shape index (κ1) is 12.8. The third-order valence-corrected chi connectivity index (χ3v) is 3.28. The summed E-state index contributed by atoms with van der Waals surface area (Å²) in [4.78, 5) is 0.902. The SMILES string of the molecule is Nc1ccccc1OCCSc1cccc(F)c1. The van der Waals surface area contributed by atoms with E-state index in [0.29, 0.717) is 18.0 Å². The highest BCUT2D eigenvalue weighted by molar-refractivity contribution is 7.99. The zero-order valence-electron chi connectivity index (χ0n) is 9.80. The van der Waals surface area contributed by atoms with Crippen LogP contribution in [0.5, 0.6) is 5.75 Å². The van der Waals surface area contributed by atoms with Gasteiger partial charge in [-0.1, -0.05) is 18.2 Å². The Morgan fingerprint density at radius 3 is 2.72 bits per heavy atom. The van der Waals surface area contributed by atoms with Crippen LogP contribution >= 0.6 is 11.8 Å². The number of hydrogen-bond acceptors (Lipinski definition) is 3. The van der Waals surface area contributed by atoms with Crippen LogP contribution in [0.1, 0.15) is 0 Å². The number of thioether (sulfide) groups is 1. The summed E-state index contributed by atoms with van der Waals surface area (Å²) >= 11 is 1.55. The minimum atomic E-state index is -0.215. The van der Waals surface area contributed by atoms with E-state index in [9.17, 15) is 4.39 Å². The molecular formula is C14H14FNOS. The molecule has 0 amide bonds. The van der Waals surface area contributed by atoms with Crippen molar-refractivity contribution in [2.24, 2.45) is 0 Å². The Hall–Kier alpha value is -1.68. The van der Waals surface area contributed by atoms with Crippen LogP contribution in [0, 0.1) is 5.82 Å². The Morgan fingerprint density at radius 1 is 1.11 bits per heavy atom. The summed E-state index contributed by atoms with van der Waals surface area (Å²) in [5.41, 5.74) is 6.39. The average Bonchev–Trinajstić information content (AvgIpc) is 2.37. The smallest absolute Gasteiger partial charge is 0.142 e. The van der Waals surface area contributed by atoms with E-state index in [0.717, 1.165) is 10.6 Å². The zero-order chi connectivity index (χ0) is 12.8. The summed E-state index contributed by atoms with van der Waals surface area (Å²) in [7, 11) is 0. The Kier molecular flexibility index (Phi) is 4.47. The maximum absolute atomic E-state index is 12.9. The Morgan fingerprint density at radius 2 is 1.94 bits per heavy atom. The number of para-hydroxylation sites is 2. The van der Waals surface area contributed by atoms with E-state index in [1.54, 1.807) is 23.9 Å². The van der Waals surface area contributed by atoms with Crippen molar-refractivity contribution in [1.82, 2.24) is 0 Å². The van der Waals surface area contributed by atoms with Crippen molar-refractivity contribution < 1.29 is 9.13 Å². The second-order valence-corrected chi connectivity index (χ2v) is 4.86. The molecule has 0 aliphatic rings. The molecule has 94 valence electrons. The molecule has 0 aliphatic carbocycles. The van der Waals surface area contributed by atoms with E-state index in [-0.39, 0.29) is 5.82 Å². The number of hydrogen-bond donors (Lipinski definition) is 1. The van der Waals surface area contributed by atoms with Crippen molar-refractivity contribution in [1.29, 1.82) is 0 Å². The molecule has 0 bridgehead atoms. The summed E-state index contributed by atoms with van der Waals surface area (Å²) in [5, 5.41) is 0. The van der Waals surface area contributed by atoms with Gasteiger partial charge in [-0.25, -0.2) is 4.39 Å². The molecule has 0 radical (unpaired) electrons. The van der Waals surface area contributed by atoms with Crippen LogP contribution in [-0.2, 0) is 0 Å². The van der Waals surface area contributed by atoms with Crippen LogP contribution in [0.25, 0.3) is 0 Å². The van der Waals surface area contributed by atoms with E-state index >= 15 is 0 Å². The van der Waals surface area contributed by atoms with Crippen molar-refractivity contribution in [2.75, 3.05) is 18.1 Å². The monoisotopic (exact) mass is 263 g/mol. The standard InChI is InChI=1S/C14H14FNOS/c15-11-4-3-5-12(10-11)18-9-8-17-14-7-2-1-6-13(14)16/h1-7,10H,8-9,16H2. The number of benzene rings is 2. The van der Waals surface area contributed by atoms with E-state index in [4.69, 9.17) is 10.5 Å². The van der Waals surface area contributed by atoms with E-state index < -0.39 is 0 Å². The summed E-state index contributed by atoms with van der Waals surface area (Å²) in [6.45, 7) is 0.537. The van der Waals surface area contributed by atoms with Crippen LogP contribution in [0.3, 0.4) is 0 Å². The molecule has 2 N–H and O–H groups in total. The number of nitrogen functional groups attached to an aromatic ring is 1. The lowest BCUT2D eigenvalue weighted by molar-refractivity contribution is 0.346. The predicted molar refractivity (Wildman–Crippen MR) is 73.5 cm³/mol. The molecule has 0 atom stereocenters. The molecule has 0 heterocycles. The summed E-state index contributed by atoms with van der Waals surface area (Å²) in [6, 6.07) is 13.9. The Bertz CT molecular complexity index is 519. The lowest BCUT2D eigenvalue weighted by atomic mass is 10.3. The Balaban J connectivity index is 1.78. The maximum atomic E-state index is 12.9. The highest BCUT2D eigenvalue weighted by atomic mass is 32.2. The fraction of sp³-hybridized carbons (Fsp3) is 0.143. The highest BCUT2D eigenvalue weighted by Gasteiger charge is 1.99. The van der Waals surface area contributed by atoms with E-state index in [1.807, 2.05) is 24.3 Å². The van der Waals surface area contributed by atoms with Gasteiger partial charge in [0, 0.05) is 10.6 Å². The summed E-state index contributed by atoms with van der Waals surface area (Å²) in [5.74, 6) is 1.23. The van der Waals surface area contributed by atoms with Crippen LogP contribution in [-0.4, -0.2) is 12.4 Å². The van der Waals surface area contributed by atoms with Gasteiger partial charge in [-0.15, -0.1) is 11.8 Å². The molecule has 2 aromatic rings. The van der Waals surface area contributed by atoms with E-state index in [1.165, 1.54) is 12.1 Å². The third kappa shape index (κ3) is 3.67. The van der Waals surface area contributed by atoms with E-state index in [2.05, 4.69) is 0 Å². The molecule has 4 heteroatoms. The van der Waals surface area contributed by atoms with Gasteiger partial charge in [0.1, 0.15) is 11.6 Å². The predicted octanol–water partition coefficient (Wildman–Crippen LogP) is 3.58. The molecule has 0 spiro atoms. The fourth-order valence-electron chi connectivity index (χ4n) is 1.48. The maximum Gasteiger partial charge on any atom is 0.142 e. The number of anilines is 1. The number of rotatable bonds is 5. The lowest BCUT2D eigenvalue weighted by Crippen LogP contribution is -2.02. The highest BCUT2D eigenvalue weighted by Crippen LogP contribution is 2.22. The molecule has 0 unspecified atom stereocenters. The first-order chi connectivity index (χ1) is 8.75. The molecule has 0 aliphatic heterocycles. The van der Waals surface area contributed by atoms with Crippen molar-refractivity contribution in [3.63, 3.8) is 0 Å². The van der Waals surface area contributed by atoms with Gasteiger partial charge in [0.2, 0.25) is 0 Å². The number of halogens is 1. The van der Waals surface area contributed by atoms with Gasteiger partial charge in [-0.05, 0) is 30.3 Å². The van der Waals surface area contributed by atoms with Crippen molar-refractivity contribution in [3.8, 4) is 5.75 Å². The van der Waals surface area contributed by atoms with Gasteiger partial charge in [0.05, 0.1) is 12.3 Å². The van der Waals surface area contributed by atoms with Crippen LogP contribution in [0.2, 0.25) is 0 Å². The average molecular weight is 263 g/mol. The summed E-state index contributed by atoms with van der Waals surface area (Å²) in [6.07, 6.45) is 0. The van der Waals surface area contributed by atoms with Gasteiger partial charge < -0.3 is 10.5 Å². The van der Waals surface area contributed by atoms with Crippen molar-refractivity contribution in [3.05, 3.63) is 54.3 Å². The van der Waals surface area contributed by atoms with Gasteiger partial charge >= 0.3 is 0 Å². The molecule has 18 heavy (non-hydrogen) atoms. The van der Waals surface area contributed by atoms with Crippen molar-refractivity contribution >= 4 is 17.4 Å². The van der Waals surface area contributed by atoms with Gasteiger partial charge in [0.25, 0.3) is 0 Å². The number of ether oxygens (including phenoxy) is 1. The zero-order valence-corrected chi connectivity index (χ0v) is 10.6. The fourth-order valence-corrected chi connectivity index (χ4v) is 2.25. The molecule has 0 fully saturated rings. The quantitative estimate of drug-likeness (QED) is 0.509. The molecule has 2 aromatic carbocycles. The van der Waals surface area contributed by atoms with Crippen LogP contribution < -0.4 is 10.5 Å². The first-order valence-corrected chi connectivity index (χ1v) is 6.60. The molecule has 2 nitrogen and oxygen atoms in total. The second kappa shape index (κ2) is 6.31. The van der Waals surface area contributed by atoms with Gasteiger partial charge in [-0.3, -0.25) is 0 Å². The van der Waals surface area contributed by atoms with Gasteiger partial charge in [-0.2, -0.15) is 0 Å². The largest absolute Gasteiger partial charge is 0.491 e. The molecule has 0 saturated carbocycles. The topological polar surface area (TPSA) is 35.2 Å². The van der Waals surface area contributed by atoms with Crippen LogP contribution in [0.4, 0.5) is 10.1 Å². The second-order valence-electron chi connectivity index (χ2n) is 3.69. The molecular weight excluding hydrogens is 249 g/mol. The molecule has 2 rings (SSSR count). The normalized spacial score (nSPS) is 10.3. The molecule has 0 saturated heterocycles. The van der Waals surface area contributed by atoms with Crippen LogP contribution in [0.15, 0.2) is 53.4 Å². The number of nitrogens with two attached hydrogens (primary N) is 1. The Labute approximate surface area is 110 Å². The minimum absolute atomic E-state index is 0.215. The van der Waals surface area contributed by atoms with Gasteiger partial charge in [0.15, 0.2) is 0 Å². The van der Waals surface area contributed by atoms with Crippen molar-refractivity contribution in [2.45, 2.75) is 4.90 Å². The molecule has 0 aromatic heterocycles.